The molecule has 2 heterocycles. The standard InChI is InChI=1S/C25H32N6O3/c1-5-31-28-24(27-29-31)18-8-7-9-19(14-18)25(32)26-21-12-13-30(3)16-20(21)17-10-11-22(33-4)23(15-17)34-6-2/h7-11,14-15,20-21H,5-6,12-13,16H2,1-4H3,(H,26,32)/t20-,21-/m1/s1. The first-order valence-electron chi connectivity index (χ1n) is 11.7. The lowest BCUT2D eigenvalue weighted by molar-refractivity contribution is 0.0904. The Morgan fingerprint density at radius 3 is 2.76 bits per heavy atom. The van der Waals surface area contributed by atoms with Crippen LogP contribution in [0.1, 0.15) is 42.1 Å². The molecule has 9 heteroatoms. The number of carbonyl (C=O) groups is 1. The minimum atomic E-state index is -0.108. The maximum atomic E-state index is 13.3. The minimum absolute atomic E-state index is 0.00526. The number of nitrogens with zero attached hydrogens (tertiary/aromatic N) is 5. The number of ether oxygens (including phenoxy) is 2. The molecule has 1 aliphatic rings. The Kier molecular flexibility index (Phi) is 7.42. The van der Waals surface area contributed by atoms with Gasteiger partial charge in [0.1, 0.15) is 0 Å². The quantitative estimate of drug-likeness (QED) is 0.548. The van der Waals surface area contributed by atoms with Crippen LogP contribution in [0.5, 0.6) is 11.5 Å². The molecule has 0 spiro atoms. The van der Waals surface area contributed by atoms with Crippen LogP contribution in [0.25, 0.3) is 11.4 Å². The van der Waals surface area contributed by atoms with E-state index in [-0.39, 0.29) is 17.9 Å². The molecule has 0 unspecified atom stereocenters. The highest BCUT2D eigenvalue weighted by molar-refractivity contribution is 5.95. The summed E-state index contributed by atoms with van der Waals surface area (Å²) in [4.78, 5) is 17.1. The highest BCUT2D eigenvalue weighted by Gasteiger charge is 2.31. The van der Waals surface area contributed by atoms with Crippen molar-refractivity contribution in [2.45, 2.75) is 38.8 Å². The van der Waals surface area contributed by atoms with Crippen LogP contribution in [0.4, 0.5) is 0 Å². The molecule has 180 valence electrons. The predicted molar refractivity (Wildman–Crippen MR) is 129 cm³/mol. The average Bonchev–Trinajstić information content (AvgIpc) is 3.35. The largest absolute Gasteiger partial charge is 0.493 e. The van der Waals surface area contributed by atoms with E-state index in [0.717, 1.165) is 36.4 Å². The van der Waals surface area contributed by atoms with Crippen LogP contribution in [0.15, 0.2) is 42.5 Å². The molecule has 0 bridgehead atoms. The van der Waals surface area contributed by atoms with E-state index in [2.05, 4.69) is 38.7 Å². The molecule has 1 saturated heterocycles. The molecule has 9 nitrogen and oxygen atoms in total. The maximum absolute atomic E-state index is 13.3. The molecule has 3 aromatic rings. The number of tetrazole rings is 1. The Bertz CT molecular complexity index is 1130. The fourth-order valence-corrected chi connectivity index (χ4v) is 4.36. The molecule has 1 fully saturated rings. The second-order valence-electron chi connectivity index (χ2n) is 8.46. The van der Waals surface area contributed by atoms with E-state index in [1.54, 1.807) is 7.11 Å². The van der Waals surface area contributed by atoms with Gasteiger partial charge in [-0.25, -0.2) is 0 Å². The zero-order chi connectivity index (χ0) is 24.1. The van der Waals surface area contributed by atoms with Crippen LogP contribution >= 0.6 is 0 Å². The van der Waals surface area contributed by atoms with Crippen molar-refractivity contribution in [2.75, 3.05) is 33.9 Å². The Labute approximate surface area is 200 Å². The van der Waals surface area contributed by atoms with Gasteiger partial charge in [-0.1, -0.05) is 18.2 Å². The summed E-state index contributed by atoms with van der Waals surface area (Å²) in [5, 5.41) is 15.7. The van der Waals surface area contributed by atoms with Gasteiger partial charge in [0.25, 0.3) is 5.91 Å². The first kappa shape index (κ1) is 23.7. The smallest absolute Gasteiger partial charge is 0.251 e. The van der Waals surface area contributed by atoms with Crippen molar-refractivity contribution >= 4 is 5.91 Å². The number of aromatic nitrogens is 4. The van der Waals surface area contributed by atoms with Gasteiger partial charge in [0.15, 0.2) is 11.5 Å². The van der Waals surface area contributed by atoms with Crippen molar-refractivity contribution in [3.63, 3.8) is 0 Å². The van der Waals surface area contributed by atoms with Gasteiger partial charge in [0, 0.05) is 29.6 Å². The summed E-state index contributed by atoms with van der Waals surface area (Å²) < 4.78 is 11.2. The van der Waals surface area contributed by atoms with E-state index < -0.39 is 0 Å². The fourth-order valence-electron chi connectivity index (χ4n) is 4.36. The molecule has 2 aromatic carbocycles. The van der Waals surface area contributed by atoms with Gasteiger partial charge < -0.3 is 19.7 Å². The molecule has 0 radical (unpaired) electrons. The maximum Gasteiger partial charge on any atom is 0.251 e. The lowest BCUT2D eigenvalue weighted by atomic mass is 9.85. The number of methoxy groups -OCH3 is 1. The van der Waals surface area contributed by atoms with E-state index >= 15 is 0 Å². The van der Waals surface area contributed by atoms with Crippen LogP contribution in [0.2, 0.25) is 0 Å². The molecule has 2 atom stereocenters. The third-order valence-electron chi connectivity index (χ3n) is 6.17. The second-order valence-corrected chi connectivity index (χ2v) is 8.46. The topological polar surface area (TPSA) is 94.4 Å². The molecule has 1 amide bonds. The van der Waals surface area contributed by atoms with Gasteiger partial charge in [-0.2, -0.15) is 4.80 Å². The summed E-state index contributed by atoms with van der Waals surface area (Å²) in [5.41, 5.74) is 2.46. The van der Waals surface area contributed by atoms with E-state index in [9.17, 15) is 4.79 Å². The number of nitrogens with one attached hydrogen (secondary N) is 1. The highest BCUT2D eigenvalue weighted by Crippen LogP contribution is 2.34. The van der Waals surface area contributed by atoms with E-state index in [1.165, 1.54) is 4.80 Å². The van der Waals surface area contributed by atoms with Gasteiger partial charge in [-0.15, -0.1) is 10.2 Å². The summed E-state index contributed by atoms with van der Waals surface area (Å²) in [6.45, 7) is 6.86. The summed E-state index contributed by atoms with van der Waals surface area (Å²) in [6, 6.07) is 13.4. The molecule has 4 rings (SSSR count). The first-order chi connectivity index (χ1) is 16.5. The molecular formula is C25H32N6O3. The zero-order valence-corrected chi connectivity index (χ0v) is 20.2. The summed E-state index contributed by atoms with van der Waals surface area (Å²) >= 11 is 0. The van der Waals surface area contributed by atoms with Crippen molar-refractivity contribution in [2.24, 2.45) is 0 Å². The number of amides is 1. The van der Waals surface area contributed by atoms with Crippen LogP contribution < -0.4 is 14.8 Å². The number of hydrogen-bond donors (Lipinski definition) is 1. The second kappa shape index (κ2) is 10.6. The molecule has 1 aromatic heterocycles. The number of hydrogen-bond acceptors (Lipinski definition) is 7. The van der Waals surface area contributed by atoms with Crippen LogP contribution in [0, 0.1) is 0 Å². The Morgan fingerprint density at radius 1 is 1.18 bits per heavy atom. The zero-order valence-electron chi connectivity index (χ0n) is 20.2. The first-order valence-corrected chi connectivity index (χ1v) is 11.7. The SMILES string of the molecule is CCOc1cc([C@H]2CN(C)CC[C@H]2NC(=O)c2cccc(-c3nnn(CC)n3)c2)ccc1OC. The Balaban J connectivity index is 1.55. The van der Waals surface area contributed by atoms with Crippen molar-refractivity contribution in [3.05, 3.63) is 53.6 Å². The van der Waals surface area contributed by atoms with Gasteiger partial charge in [-0.05, 0) is 68.9 Å². The van der Waals surface area contributed by atoms with Crippen molar-refractivity contribution in [3.8, 4) is 22.9 Å². The van der Waals surface area contributed by atoms with Gasteiger partial charge >= 0.3 is 0 Å². The van der Waals surface area contributed by atoms with Crippen molar-refractivity contribution < 1.29 is 14.3 Å². The Hall–Kier alpha value is -3.46. The normalized spacial score (nSPS) is 18.5. The lowest BCUT2D eigenvalue weighted by Gasteiger charge is -2.37. The molecule has 34 heavy (non-hydrogen) atoms. The van der Waals surface area contributed by atoms with Gasteiger partial charge in [-0.3, -0.25) is 4.79 Å². The van der Waals surface area contributed by atoms with E-state index in [4.69, 9.17) is 9.47 Å². The monoisotopic (exact) mass is 464 g/mol. The molecule has 1 aliphatic heterocycles. The van der Waals surface area contributed by atoms with Crippen LogP contribution in [-0.2, 0) is 6.54 Å². The number of likely N-dealkylation sites (N-methyl/N-ethyl adjacent to an activating group) is 1. The molecular weight excluding hydrogens is 432 g/mol. The average molecular weight is 465 g/mol. The molecule has 0 saturated carbocycles. The van der Waals surface area contributed by atoms with Crippen molar-refractivity contribution in [1.29, 1.82) is 0 Å². The molecule has 1 N–H and O–H groups in total. The number of aryl methyl sites for hydroxylation is 1. The van der Waals surface area contributed by atoms with Crippen LogP contribution in [-0.4, -0.2) is 70.9 Å². The number of carbonyl (C=O) groups excluding carboxylic acids is 1. The lowest BCUT2D eigenvalue weighted by Crippen LogP contribution is -2.48. The third kappa shape index (κ3) is 5.20. The Morgan fingerprint density at radius 2 is 2.03 bits per heavy atom. The molecule has 0 aliphatic carbocycles. The number of likely N-dealkylation sites (tertiary alicyclic amines) is 1. The minimum Gasteiger partial charge on any atom is -0.493 e. The fraction of sp³-hybridized carbons (Fsp3) is 0.440. The van der Waals surface area contributed by atoms with Gasteiger partial charge in [0.2, 0.25) is 5.82 Å². The number of benzene rings is 2. The van der Waals surface area contributed by atoms with E-state index in [0.29, 0.717) is 30.3 Å². The highest BCUT2D eigenvalue weighted by atomic mass is 16.5. The summed E-state index contributed by atoms with van der Waals surface area (Å²) in [7, 11) is 3.75. The van der Waals surface area contributed by atoms with Crippen LogP contribution in [0.3, 0.4) is 0 Å². The third-order valence-corrected chi connectivity index (χ3v) is 6.17. The van der Waals surface area contributed by atoms with Gasteiger partial charge in [0.05, 0.1) is 20.3 Å². The van der Waals surface area contributed by atoms with E-state index in [1.807, 2.05) is 50.2 Å². The predicted octanol–water partition coefficient (Wildman–Crippen LogP) is 2.99. The number of piperidine rings is 1. The number of rotatable bonds is 8. The summed E-state index contributed by atoms with van der Waals surface area (Å²) in [5.74, 6) is 1.96. The summed E-state index contributed by atoms with van der Waals surface area (Å²) in [6.07, 6.45) is 0.856. The van der Waals surface area contributed by atoms with Crippen molar-refractivity contribution in [1.82, 2.24) is 30.4 Å².